The summed E-state index contributed by atoms with van der Waals surface area (Å²) in [6.07, 6.45) is 3.97. The van der Waals surface area contributed by atoms with Gasteiger partial charge in [-0.2, -0.15) is 0 Å². The molecule has 4 rings (SSSR count). The lowest BCUT2D eigenvalue weighted by Crippen LogP contribution is -1.88. The Morgan fingerprint density at radius 3 is 2.90 bits per heavy atom. The molecule has 0 radical (unpaired) electrons. The van der Waals surface area contributed by atoms with Crippen molar-refractivity contribution >= 4 is 27.6 Å². The summed E-state index contributed by atoms with van der Waals surface area (Å²) in [6.45, 7) is 0. The molecular formula is C17H16N4. The molecule has 0 aliphatic heterocycles. The molecule has 3 heterocycles. The molecule has 0 bridgehead atoms. The number of fused-ring (bicyclic) bond motifs is 2. The van der Waals surface area contributed by atoms with E-state index in [9.17, 15) is 0 Å². The van der Waals surface area contributed by atoms with Crippen LogP contribution in [0, 0.1) is 0 Å². The standard InChI is InChI=1S/C17H16N4/c1-18-12-5-6-16-13(9-12)14(10-21(16)2)15-8-11-4-3-7-19-17(11)20-15/h3-10,18H,1-2H3,(H,19,20). The monoisotopic (exact) mass is 276 g/mol. The molecule has 3 aromatic heterocycles. The molecule has 104 valence electrons. The van der Waals surface area contributed by atoms with E-state index in [0.29, 0.717) is 0 Å². The fraction of sp³-hybridized carbons (Fsp3) is 0.118. The minimum absolute atomic E-state index is 0.925. The molecule has 0 saturated carbocycles. The highest BCUT2D eigenvalue weighted by atomic mass is 14.9. The highest BCUT2D eigenvalue weighted by Crippen LogP contribution is 2.32. The summed E-state index contributed by atoms with van der Waals surface area (Å²) in [5, 5.41) is 5.57. The SMILES string of the molecule is CNc1ccc2c(c1)c(-c1cc3cccnc3[nH]1)cn2C. The van der Waals surface area contributed by atoms with Crippen LogP contribution in [0.5, 0.6) is 0 Å². The van der Waals surface area contributed by atoms with E-state index < -0.39 is 0 Å². The van der Waals surface area contributed by atoms with Crippen LogP contribution in [-0.2, 0) is 7.05 Å². The first-order chi connectivity index (χ1) is 10.3. The average molecular weight is 276 g/mol. The number of anilines is 1. The highest BCUT2D eigenvalue weighted by Gasteiger charge is 2.11. The van der Waals surface area contributed by atoms with Gasteiger partial charge in [0.1, 0.15) is 5.65 Å². The van der Waals surface area contributed by atoms with Crippen molar-refractivity contribution in [1.29, 1.82) is 0 Å². The lowest BCUT2D eigenvalue weighted by Gasteiger charge is -2.02. The van der Waals surface area contributed by atoms with Gasteiger partial charge in [-0.05, 0) is 36.4 Å². The summed E-state index contributed by atoms with van der Waals surface area (Å²) in [5.74, 6) is 0. The Morgan fingerprint density at radius 2 is 2.10 bits per heavy atom. The number of benzene rings is 1. The van der Waals surface area contributed by atoms with Crippen molar-refractivity contribution in [3.05, 3.63) is 48.8 Å². The second kappa shape index (κ2) is 4.38. The molecule has 2 N–H and O–H groups in total. The van der Waals surface area contributed by atoms with E-state index >= 15 is 0 Å². The number of hydrogen-bond acceptors (Lipinski definition) is 2. The second-order valence-corrected chi connectivity index (χ2v) is 5.26. The summed E-state index contributed by atoms with van der Waals surface area (Å²) in [4.78, 5) is 7.78. The fourth-order valence-corrected chi connectivity index (χ4v) is 2.87. The zero-order valence-electron chi connectivity index (χ0n) is 12.0. The Morgan fingerprint density at radius 1 is 1.19 bits per heavy atom. The Labute approximate surface area is 122 Å². The van der Waals surface area contributed by atoms with Gasteiger partial charge in [0.05, 0.1) is 0 Å². The van der Waals surface area contributed by atoms with Crippen LogP contribution in [-0.4, -0.2) is 21.6 Å². The molecule has 4 aromatic rings. The summed E-state index contributed by atoms with van der Waals surface area (Å²) >= 11 is 0. The summed E-state index contributed by atoms with van der Waals surface area (Å²) in [7, 11) is 4.02. The molecule has 0 aliphatic carbocycles. The van der Waals surface area contributed by atoms with E-state index in [4.69, 9.17) is 0 Å². The van der Waals surface area contributed by atoms with Gasteiger partial charge in [0.15, 0.2) is 0 Å². The van der Waals surface area contributed by atoms with E-state index in [1.165, 1.54) is 16.5 Å². The molecular weight excluding hydrogens is 260 g/mol. The van der Waals surface area contributed by atoms with Gasteiger partial charge in [-0.25, -0.2) is 4.98 Å². The number of H-pyrrole nitrogens is 1. The number of aromatic nitrogens is 3. The molecule has 0 amide bonds. The molecule has 0 fully saturated rings. The predicted octanol–water partition coefficient (Wildman–Crippen LogP) is 3.76. The highest BCUT2D eigenvalue weighted by molar-refractivity contribution is 5.99. The van der Waals surface area contributed by atoms with Crippen molar-refractivity contribution in [3.8, 4) is 11.3 Å². The number of nitrogens with zero attached hydrogens (tertiary/aromatic N) is 2. The predicted molar refractivity (Wildman–Crippen MR) is 87.6 cm³/mol. The maximum absolute atomic E-state index is 4.37. The summed E-state index contributed by atoms with van der Waals surface area (Å²) in [6, 6.07) is 12.6. The first-order valence-corrected chi connectivity index (χ1v) is 6.97. The van der Waals surface area contributed by atoms with Crippen LogP contribution in [0.25, 0.3) is 33.2 Å². The van der Waals surface area contributed by atoms with E-state index in [0.717, 1.165) is 22.4 Å². The van der Waals surface area contributed by atoms with Crippen LogP contribution in [0.2, 0.25) is 0 Å². The van der Waals surface area contributed by atoms with Gasteiger partial charge in [0.2, 0.25) is 0 Å². The van der Waals surface area contributed by atoms with Crippen molar-refractivity contribution in [2.24, 2.45) is 7.05 Å². The minimum Gasteiger partial charge on any atom is -0.388 e. The molecule has 0 spiro atoms. The Kier molecular flexibility index (Phi) is 2.51. The quantitative estimate of drug-likeness (QED) is 0.585. The Balaban J connectivity index is 2.00. The molecule has 4 nitrogen and oxygen atoms in total. The molecule has 4 heteroatoms. The third-order valence-corrected chi connectivity index (χ3v) is 3.96. The molecule has 0 aliphatic rings. The topological polar surface area (TPSA) is 45.6 Å². The van der Waals surface area contributed by atoms with Gasteiger partial charge in [0, 0.05) is 59.7 Å². The van der Waals surface area contributed by atoms with E-state index in [1.54, 1.807) is 0 Å². The lowest BCUT2D eigenvalue weighted by atomic mass is 10.1. The van der Waals surface area contributed by atoms with Crippen molar-refractivity contribution in [1.82, 2.24) is 14.5 Å². The molecule has 1 aromatic carbocycles. The summed E-state index contributed by atoms with van der Waals surface area (Å²) < 4.78 is 2.16. The maximum Gasteiger partial charge on any atom is 0.137 e. The zero-order valence-corrected chi connectivity index (χ0v) is 12.0. The number of aromatic amines is 1. The van der Waals surface area contributed by atoms with Gasteiger partial charge in [-0.15, -0.1) is 0 Å². The Bertz CT molecular complexity index is 913. The number of nitrogens with one attached hydrogen (secondary N) is 2. The van der Waals surface area contributed by atoms with E-state index in [1.807, 2.05) is 19.3 Å². The lowest BCUT2D eigenvalue weighted by molar-refractivity contribution is 0.970. The third-order valence-electron chi connectivity index (χ3n) is 3.96. The maximum atomic E-state index is 4.37. The smallest absolute Gasteiger partial charge is 0.137 e. The van der Waals surface area contributed by atoms with E-state index in [2.05, 4.69) is 63.4 Å². The third kappa shape index (κ3) is 1.80. The largest absolute Gasteiger partial charge is 0.388 e. The first kappa shape index (κ1) is 12.0. The first-order valence-electron chi connectivity index (χ1n) is 6.97. The van der Waals surface area contributed by atoms with Crippen molar-refractivity contribution in [2.75, 3.05) is 12.4 Å². The molecule has 0 unspecified atom stereocenters. The van der Waals surface area contributed by atoms with Gasteiger partial charge in [0.25, 0.3) is 0 Å². The van der Waals surface area contributed by atoms with Crippen molar-refractivity contribution < 1.29 is 0 Å². The molecule has 21 heavy (non-hydrogen) atoms. The Hall–Kier alpha value is -2.75. The molecule has 0 saturated heterocycles. The normalized spacial score (nSPS) is 11.3. The van der Waals surface area contributed by atoms with Crippen molar-refractivity contribution in [2.45, 2.75) is 0 Å². The van der Waals surface area contributed by atoms with Gasteiger partial charge >= 0.3 is 0 Å². The van der Waals surface area contributed by atoms with E-state index in [-0.39, 0.29) is 0 Å². The zero-order chi connectivity index (χ0) is 14.4. The average Bonchev–Trinajstić information content (AvgIpc) is 3.08. The number of aryl methyl sites for hydroxylation is 1. The van der Waals surface area contributed by atoms with Gasteiger partial charge in [-0.3, -0.25) is 0 Å². The second-order valence-electron chi connectivity index (χ2n) is 5.26. The fourth-order valence-electron chi connectivity index (χ4n) is 2.87. The van der Waals surface area contributed by atoms with Gasteiger partial charge in [-0.1, -0.05) is 0 Å². The number of rotatable bonds is 2. The molecule has 0 atom stereocenters. The summed E-state index contributed by atoms with van der Waals surface area (Å²) in [5.41, 5.74) is 5.55. The van der Waals surface area contributed by atoms with Crippen LogP contribution in [0.15, 0.2) is 48.8 Å². The van der Waals surface area contributed by atoms with Crippen molar-refractivity contribution in [3.63, 3.8) is 0 Å². The van der Waals surface area contributed by atoms with Gasteiger partial charge < -0.3 is 14.9 Å². The number of hydrogen-bond donors (Lipinski definition) is 2. The van der Waals surface area contributed by atoms with Crippen LogP contribution < -0.4 is 5.32 Å². The van der Waals surface area contributed by atoms with Crippen LogP contribution >= 0.6 is 0 Å². The van der Waals surface area contributed by atoms with Crippen LogP contribution in [0.3, 0.4) is 0 Å². The minimum atomic E-state index is 0.925. The van der Waals surface area contributed by atoms with Crippen LogP contribution in [0.4, 0.5) is 5.69 Å². The number of pyridine rings is 1. The van der Waals surface area contributed by atoms with Crippen LogP contribution in [0.1, 0.15) is 0 Å².